The molecule has 3 fully saturated rings. The molecule has 1 atom stereocenters. The maximum absolute atomic E-state index is 13.3. The van der Waals surface area contributed by atoms with Crippen LogP contribution in [-0.2, 0) is 4.79 Å². The van der Waals surface area contributed by atoms with Gasteiger partial charge in [0, 0.05) is 25.6 Å². The number of benzene rings is 1. The second-order valence-electron chi connectivity index (χ2n) is 8.51. The minimum absolute atomic E-state index is 0.0833. The molecule has 1 aliphatic carbocycles. The standard InChI is InChI=1S/C22H28FN3O/c23-18-7-5-17(6-8-18)19-15-25-20(27)22(19)11-13-26(14-12-22)21(16-24)9-3-1-2-4-10-21/h5-8,19H,1-4,9-15H2,(H,25,27). The Balaban J connectivity index is 1.54. The Morgan fingerprint density at radius 2 is 1.67 bits per heavy atom. The summed E-state index contributed by atoms with van der Waals surface area (Å²) in [6.07, 6.45) is 8.11. The van der Waals surface area contributed by atoms with Crippen molar-refractivity contribution in [3.8, 4) is 6.07 Å². The first-order valence-electron chi connectivity index (χ1n) is 10.3. The zero-order chi connectivity index (χ0) is 18.9. The number of halogens is 1. The number of carbonyl (C=O) groups is 1. The molecule has 2 heterocycles. The Morgan fingerprint density at radius 3 is 2.26 bits per heavy atom. The normalized spacial score (nSPS) is 27.7. The van der Waals surface area contributed by atoms with Crippen LogP contribution in [-0.4, -0.2) is 36.0 Å². The summed E-state index contributed by atoms with van der Waals surface area (Å²) < 4.78 is 13.3. The van der Waals surface area contributed by atoms with Gasteiger partial charge in [0.15, 0.2) is 0 Å². The molecule has 1 unspecified atom stereocenters. The van der Waals surface area contributed by atoms with Crippen molar-refractivity contribution < 1.29 is 9.18 Å². The van der Waals surface area contributed by atoms with Gasteiger partial charge in [-0.3, -0.25) is 9.69 Å². The van der Waals surface area contributed by atoms with Crippen molar-refractivity contribution in [2.45, 2.75) is 62.8 Å². The second kappa shape index (κ2) is 7.24. The SMILES string of the molecule is N#CC1(N2CCC3(CC2)C(=O)NCC3c2ccc(F)cc2)CCCCCC1. The summed E-state index contributed by atoms with van der Waals surface area (Å²) in [7, 11) is 0. The lowest BCUT2D eigenvalue weighted by Gasteiger charge is -2.47. The Bertz CT molecular complexity index is 723. The lowest BCUT2D eigenvalue weighted by molar-refractivity contribution is -0.131. The average molecular weight is 369 g/mol. The van der Waals surface area contributed by atoms with Crippen LogP contribution in [0.4, 0.5) is 4.39 Å². The highest BCUT2D eigenvalue weighted by Gasteiger charge is 2.53. The van der Waals surface area contributed by atoms with Crippen LogP contribution in [0.15, 0.2) is 24.3 Å². The van der Waals surface area contributed by atoms with E-state index in [-0.39, 0.29) is 23.2 Å². The predicted molar refractivity (Wildman–Crippen MR) is 101 cm³/mol. The molecule has 1 aromatic carbocycles. The fourth-order valence-electron chi connectivity index (χ4n) is 5.58. The van der Waals surface area contributed by atoms with Crippen molar-refractivity contribution in [2.75, 3.05) is 19.6 Å². The summed E-state index contributed by atoms with van der Waals surface area (Å²) in [4.78, 5) is 15.2. The van der Waals surface area contributed by atoms with Crippen LogP contribution in [0.3, 0.4) is 0 Å². The van der Waals surface area contributed by atoms with Crippen molar-refractivity contribution in [1.82, 2.24) is 10.2 Å². The maximum Gasteiger partial charge on any atom is 0.227 e. The van der Waals surface area contributed by atoms with Gasteiger partial charge >= 0.3 is 0 Å². The van der Waals surface area contributed by atoms with Gasteiger partial charge in [0.1, 0.15) is 11.4 Å². The number of nitrogens with one attached hydrogen (secondary N) is 1. The van der Waals surface area contributed by atoms with Crippen molar-refractivity contribution in [3.05, 3.63) is 35.6 Å². The number of hydrogen-bond donors (Lipinski definition) is 1. The van der Waals surface area contributed by atoms with Gasteiger partial charge in [-0.15, -0.1) is 0 Å². The lowest BCUT2D eigenvalue weighted by atomic mass is 9.67. The van der Waals surface area contributed by atoms with Crippen LogP contribution >= 0.6 is 0 Å². The molecule has 0 radical (unpaired) electrons. The fraction of sp³-hybridized carbons (Fsp3) is 0.636. The monoisotopic (exact) mass is 369 g/mol. The van der Waals surface area contributed by atoms with Crippen LogP contribution in [0.2, 0.25) is 0 Å². The Labute approximate surface area is 160 Å². The van der Waals surface area contributed by atoms with Gasteiger partial charge in [-0.25, -0.2) is 4.39 Å². The van der Waals surface area contributed by atoms with Gasteiger partial charge in [-0.05, 0) is 43.4 Å². The summed E-state index contributed by atoms with van der Waals surface area (Å²) in [5.41, 5.74) is 0.265. The number of hydrogen-bond acceptors (Lipinski definition) is 3. The third-order valence-electron chi connectivity index (χ3n) is 7.26. The van der Waals surface area contributed by atoms with Crippen LogP contribution in [0, 0.1) is 22.6 Å². The summed E-state index contributed by atoms with van der Waals surface area (Å²) in [6.45, 7) is 2.20. The molecule has 1 aromatic rings. The summed E-state index contributed by atoms with van der Waals surface area (Å²) in [5, 5.41) is 13.0. The van der Waals surface area contributed by atoms with E-state index in [2.05, 4.69) is 16.3 Å². The molecule has 3 aliphatic rings. The quantitative estimate of drug-likeness (QED) is 0.808. The number of amides is 1. The fourth-order valence-corrected chi connectivity index (χ4v) is 5.58. The number of piperidine rings is 1. The van der Waals surface area contributed by atoms with Gasteiger partial charge in [0.2, 0.25) is 5.91 Å². The van der Waals surface area contributed by atoms with Crippen molar-refractivity contribution in [3.63, 3.8) is 0 Å². The summed E-state index contributed by atoms with van der Waals surface area (Å²) in [5.74, 6) is -0.0347. The van der Waals surface area contributed by atoms with E-state index in [0.29, 0.717) is 6.54 Å². The molecule has 1 amide bonds. The Kier molecular flexibility index (Phi) is 4.94. The minimum Gasteiger partial charge on any atom is -0.355 e. The molecule has 144 valence electrons. The molecule has 1 saturated carbocycles. The van der Waals surface area contributed by atoms with Crippen molar-refractivity contribution >= 4 is 5.91 Å². The van der Waals surface area contributed by atoms with E-state index in [4.69, 9.17) is 0 Å². The first-order valence-corrected chi connectivity index (χ1v) is 10.3. The molecule has 1 N–H and O–H groups in total. The maximum atomic E-state index is 13.3. The number of carbonyl (C=O) groups excluding carboxylic acids is 1. The molecule has 4 nitrogen and oxygen atoms in total. The number of nitrogens with zero attached hydrogens (tertiary/aromatic N) is 2. The van der Waals surface area contributed by atoms with Crippen LogP contribution in [0.5, 0.6) is 0 Å². The van der Waals surface area contributed by atoms with E-state index in [1.165, 1.54) is 25.0 Å². The molecule has 5 heteroatoms. The van der Waals surface area contributed by atoms with Crippen LogP contribution in [0.1, 0.15) is 62.8 Å². The van der Waals surface area contributed by atoms with Gasteiger partial charge in [0.25, 0.3) is 0 Å². The molecule has 2 saturated heterocycles. The van der Waals surface area contributed by atoms with Crippen LogP contribution < -0.4 is 5.32 Å². The van der Waals surface area contributed by atoms with E-state index < -0.39 is 5.41 Å². The highest BCUT2D eigenvalue weighted by atomic mass is 19.1. The van der Waals surface area contributed by atoms with E-state index in [1.54, 1.807) is 0 Å². The third-order valence-corrected chi connectivity index (χ3v) is 7.26. The summed E-state index contributed by atoms with van der Waals surface area (Å²) >= 11 is 0. The van der Waals surface area contributed by atoms with Crippen LogP contribution in [0.25, 0.3) is 0 Å². The third kappa shape index (κ3) is 3.14. The second-order valence-corrected chi connectivity index (χ2v) is 8.51. The van der Waals surface area contributed by atoms with Gasteiger partial charge < -0.3 is 5.32 Å². The highest BCUT2D eigenvalue weighted by Crippen LogP contribution is 2.49. The van der Waals surface area contributed by atoms with E-state index in [0.717, 1.165) is 57.2 Å². The van der Waals surface area contributed by atoms with Gasteiger partial charge in [-0.1, -0.05) is 37.8 Å². The zero-order valence-corrected chi connectivity index (χ0v) is 15.8. The molecule has 1 spiro atoms. The Hall–Kier alpha value is -1.93. The average Bonchev–Trinajstić information content (AvgIpc) is 2.88. The molecular weight excluding hydrogens is 341 g/mol. The van der Waals surface area contributed by atoms with Gasteiger partial charge in [-0.2, -0.15) is 5.26 Å². The molecule has 0 bridgehead atoms. The van der Waals surface area contributed by atoms with Crippen molar-refractivity contribution in [1.29, 1.82) is 5.26 Å². The molecule has 27 heavy (non-hydrogen) atoms. The molecule has 0 aromatic heterocycles. The predicted octanol–water partition coefficient (Wildman–Crippen LogP) is 3.74. The molecular formula is C22H28FN3O. The number of nitriles is 1. The molecule has 2 aliphatic heterocycles. The lowest BCUT2D eigenvalue weighted by Crippen LogP contribution is -2.55. The zero-order valence-electron chi connectivity index (χ0n) is 15.8. The molecule has 4 rings (SSSR count). The van der Waals surface area contributed by atoms with Gasteiger partial charge in [0.05, 0.1) is 11.5 Å². The smallest absolute Gasteiger partial charge is 0.227 e. The first kappa shape index (κ1) is 18.4. The Morgan fingerprint density at radius 1 is 1.04 bits per heavy atom. The van der Waals surface area contributed by atoms with Crippen molar-refractivity contribution in [2.24, 2.45) is 5.41 Å². The minimum atomic E-state index is -0.421. The summed E-state index contributed by atoms with van der Waals surface area (Å²) in [6, 6.07) is 9.25. The number of rotatable bonds is 2. The topological polar surface area (TPSA) is 56.1 Å². The first-order chi connectivity index (χ1) is 13.1. The van der Waals surface area contributed by atoms with E-state index in [9.17, 15) is 14.4 Å². The number of likely N-dealkylation sites (tertiary alicyclic amines) is 1. The van der Waals surface area contributed by atoms with E-state index >= 15 is 0 Å². The highest BCUT2D eigenvalue weighted by molar-refractivity contribution is 5.86. The largest absolute Gasteiger partial charge is 0.355 e. The van der Waals surface area contributed by atoms with E-state index in [1.807, 2.05) is 12.1 Å².